The highest BCUT2D eigenvalue weighted by molar-refractivity contribution is 7.10. The molecule has 4 atom stereocenters. The van der Waals surface area contributed by atoms with E-state index in [4.69, 9.17) is 4.42 Å². The molecule has 7 nitrogen and oxygen atoms in total. The summed E-state index contributed by atoms with van der Waals surface area (Å²) < 4.78 is 5.73. The summed E-state index contributed by atoms with van der Waals surface area (Å²) in [5.41, 5.74) is 3.23. The Balaban J connectivity index is 1.67. The molecule has 2 aromatic heterocycles. The van der Waals surface area contributed by atoms with Crippen molar-refractivity contribution in [2.45, 2.75) is 38.8 Å². The molecule has 3 heterocycles. The van der Waals surface area contributed by atoms with Crippen molar-refractivity contribution in [2.24, 2.45) is 5.92 Å². The number of hydrogen-bond donors (Lipinski definition) is 2. The number of likely N-dealkylation sites (tertiary alicyclic amines) is 1. The van der Waals surface area contributed by atoms with E-state index < -0.39 is 35.9 Å². The monoisotopic (exact) mass is 554 g/mol. The summed E-state index contributed by atoms with van der Waals surface area (Å²) >= 11 is 1.40. The van der Waals surface area contributed by atoms with Gasteiger partial charge in [0.05, 0.1) is 12.0 Å². The van der Waals surface area contributed by atoms with Gasteiger partial charge in [0.2, 0.25) is 5.78 Å². The van der Waals surface area contributed by atoms with Crippen LogP contribution in [0.15, 0.2) is 88.7 Å². The lowest BCUT2D eigenvalue weighted by molar-refractivity contribution is -0.141. The SMILES string of the molecule is Cc1cccc(NC(=O)N2C(C=Cc3ccccc3)C(C(=O)c3ccc(C)o3)C(c3sccc3C)C2C(=O)O)c1. The molecule has 1 saturated heterocycles. The van der Waals surface area contributed by atoms with E-state index in [2.05, 4.69) is 5.32 Å². The van der Waals surface area contributed by atoms with Crippen LogP contribution in [-0.2, 0) is 4.79 Å². The second-order valence-corrected chi connectivity index (χ2v) is 11.0. The first kappa shape index (κ1) is 27.1. The van der Waals surface area contributed by atoms with Gasteiger partial charge < -0.3 is 19.7 Å². The number of nitrogens with one attached hydrogen (secondary N) is 1. The smallest absolute Gasteiger partial charge is 0.327 e. The average molecular weight is 555 g/mol. The number of thiophene rings is 1. The van der Waals surface area contributed by atoms with Gasteiger partial charge in [0.25, 0.3) is 0 Å². The fourth-order valence-corrected chi connectivity index (χ4v) is 6.56. The lowest BCUT2D eigenvalue weighted by Gasteiger charge is -2.28. The Kier molecular flexibility index (Phi) is 7.71. The summed E-state index contributed by atoms with van der Waals surface area (Å²) in [6.45, 7) is 5.56. The summed E-state index contributed by atoms with van der Waals surface area (Å²) in [5.74, 6) is -2.49. The Hall–Kier alpha value is -4.43. The molecule has 1 fully saturated rings. The number of carboxylic acids is 1. The van der Waals surface area contributed by atoms with Crippen molar-refractivity contribution in [1.29, 1.82) is 0 Å². The third kappa shape index (κ3) is 5.35. The van der Waals surface area contributed by atoms with E-state index in [1.54, 1.807) is 31.2 Å². The average Bonchev–Trinajstić information content (AvgIpc) is 3.64. The van der Waals surface area contributed by atoms with E-state index in [-0.39, 0.29) is 11.5 Å². The highest BCUT2D eigenvalue weighted by Crippen LogP contribution is 2.48. The highest BCUT2D eigenvalue weighted by Gasteiger charge is 2.57. The molecule has 204 valence electrons. The predicted octanol–water partition coefficient (Wildman–Crippen LogP) is 6.93. The van der Waals surface area contributed by atoms with Crippen LogP contribution >= 0.6 is 11.3 Å². The fourth-order valence-electron chi connectivity index (χ4n) is 5.45. The number of carbonyl (C=O) groups is 3. The van der Waals surface area contributed by atoms with E-state index in [0.717, 1.165) is 21.6 Å². The van der Waals surface area contributed by atoms with E-state index in [0.29, 0.717) is 11.4 Å². The predicted molar refractivity (Wildman–Crippen MR) is 156 cm³/mol. The molecule has 2 aromatic carbocycles. The van der Waals surface area contributed by atoms with Crippen LogP contribution in [0.5, 0.6) is 0 Å². The molecule has 1 aliphatic heterocycles. The molecule has 4 aromatic rings. The number of benzene rings is 2. The van der Waals surface area contributed by atoms with Crippen LogP contribution in [0.3, 0.4) is 0 Å². The van der Waals surface area contributed by atoms with Gasteiger partial charge >= 0.3 is 12.0 Å². The number of furan rings is 1. The topological polar surface area (TPSA) is 99.9 Å². The zero-order chi connectivity index (χ0) is 28.4. The van der Waals surface area contributed by atoms with Crippen molar-refractivity contribution >= 4 is 40.9 Å². The number of Topliss-reactive ketones (excluding diaryl/α,β-unsaturated/α-hetero) is 1. The van der Waals surface area contributed by atoms with Crippen LogP contribution in [0.25, 0.3) is 6.08 Å². The molecule has 1 aliphatic rings. The maximum atomic E-state index is 14.2. The van der Waals surface area contributed by atoms with Crippen molar-refractivity contribution in [3.63, 3.8) is 0 Å². The molecule has 0 spiro atoms. The Bertz CT molecular complexity index is 1570. The number of aliphatic carboxylic acids is 1. The molecule has 5 rings (SSSR count). The number of nitrogens with zero attached hydrogens (tertiary/aromatic N) is 1. The Labute approximate surface area is 236 Å². The van der Waals surface area contributed by atoms with E-state index >= 15 is 0 Å². The van der Waals surface area contributed by atoms with Crippen LogP contribution < -0.4 is 5.32 Å². The molecule has 0 saturated carbocycles. The van der Waals surface area contributed by atoms with Gasteiger partial charge in [-0.3, -0.25) is 4.79 Å². The molecule has 2 N–H and O–H groups in total. The summed E-state index contributed by atoms with van der Waals surface area (Å²) in [6.07, 6.45) is 3.59. The molecule has 0 bridgehead atoms. The van der Waals surface area contributed by atoms with Crippen molar-refractivity contribution in [3.05, 3.63) is 117 Å². The number of ketones is 1. The second-order valence-electron chi connectivity index (χ2n) is 10.0. The van der Waals surface area contributed by atoms with Crippen LogP contribution in [0.1, 0.15) is 43.8 Å². The lowest BCUT2D eigenvalue weighted by atomic mass is 9.80. The maximum Gasteiger partial charge on any atom is 0.327 e. The quantitative estimate of drug-likeness (QED) is 0.241. The first-order valence-electron chi connectivity index (χ1n) is 13.0. The van der Waals surface area contributed by atoms with Crippen LogP contribution in [0.2, 0.25) is 0 Å². The summed E-state index contributed by atoms with van der Waals surface area (Å²) in [7, 11) is 0. The Morgan fingerprint density at radius 3 is 2.38 bits per heavy atom. The fraction of sp³-hybridized carbons (Fsp3) is 0.219. The van der Waals surface area contributed by atoms with E-state index in [1.165, 1.54) is 16.2 Å². The molecule has 0 radical (unpaired) electrons. The van der Waals surface area contributed by atoms with Crippen molar-refractivity contribution in [1.82, 2.24) is 4.90 Å². The maximum absolute atomic E-state index is 14.2. The molecular weight excluding hydrogens is 524 g/mol. The molecule has 0 aliphatic carbocycles. The van der Waals surface area contributed by atoms with Gasteiger partial charge in [-0.1, -0.05) is 54.6 Å². The number of amides is 2. The lowest BCUT2D eigenvalue weighted by Crippen LogP contribution is -2.48. The molecule has 4 unspecified atom stereocenters. The van der Waals surface area contributed by atoms with Crippen LogP contribution in [-0.4, -0.2) is 39.9 Å². The number of rotatable bonds is 7. The molecule has 2 amide bonds. The number of aryl methyl sites for hydroxylation is 3. The summed E-state index contributed by atoms with van der Waals surface area (Å²) in [5, 5.41) is 15.4. The van der Waals surface area contributed by atoms with Crippen molar-refractivity contribution in [2.75, 3.05) is 5.32 Å². The minimum Gasteiger partial charge on any atom is -0.480 e. The van der Waals surface area contributed by atoms with Gasteiger partial charge in [-0.25, -0.2) is 9.59 Å². The third-order valence-electron chi connectivity index (χ3n) is 7.25. The van der Waals surface area contributed by atoms with Gasteiger partial charge in [0, 0.05) is 16.5 Å². The van der Waals surface area contributed by atoms with E-state index in [1.807, 2.05) is 79.9 Å². The first-order valence-corrected chi connectivity index (χ1v) is 13.9. The minimum absolute atomic E-state index is 0.143. The first-order chi connectivity index (χ1) is 19.2. The molecule has 40 heavy (non-hydrogen) atoms. The standard InChI is InChI=1S/C32H30N2O5S/c1-19-8-7-11-23(18-19)33-32(38)34-24(14-13-22-9-5-4-6-10-22)26(29(35)25-15-12-21(3)39-25)27(28(34)31(36)37)30-20(2)16-17-40-30/h4-18,24,26-28H,1-3H3,(H,33,38)(H,36,37). The summed E-state index contributed by atoms with van der Waals surface area (Å²) in [6, 6.07) is 19.3. The number of hydrogen-bond acceptors (Lipinski definition) is 5. The minimum atomic E-state index is -1.29. The highest BCUT2D eigenvalue weighted by atomic mass is 32.1. The number of carboxylic acid groups (broad SMARTS) is 1. The van der Waals surface area contributed by atoms with Crippen LogP contribution in [0, 0.1) is 26.7 Å². The van der Waals surface area contributed by atoms with Crippen molar-refractivity contribution < 1.29 is 23.9 Å². The summed E-state index contributed by atoms with van der Waals surface area (Å²) in [4.78, 5) is 43.2. The van der Waals surface area contributed by atoms with Gasteiger partial charge in [0.1, 0.15) is 11.8 Å². The van der Waals surface area contributed by atoms with Crippen molar-refractivity contribution in [3.8, 4) is 0 Å². The van der Waals surface area contributed by atoms with Gasteiger partial charge in [-0.05, 0) is 73.2 Å². The number of urea groups is 1. The zero-order valence-electron chi connectivity index (χ0n) is 22.4. The Morgan fingerprint density at radius 2 is 1.75 bits per heavy atom. The number of anilines is 1. The normalized spacial score (nSPS) is 20.6. The largest absolute Gasteiger partial charge is 0.480 e. The number of carbonyl (C=O) groups excluding carboxylic acids is 2. The van der Waals surface area contributed by atoms with Crippen LogP contribution in [0.4, 0.5) is 10.5 Å². The van der Waals surface area contributed by atoms with Gasteiger partial charge in [-0.15, -0.1) is 11.3 Å². The zero-order valence-corrected chi connectivity index (χ0v) is 23.2. The molecular formula is C32H30N2O5S. The second kappa shape index (κ2) is 11.4. The van der Waals surface area contributed by atoms with Gasteiger partial charge in [-0.2, -0.15) is 0 Å². The van der Waals surface area contributed by atoms with E-state index in [9.17, 15) is 19.5 Å². The molecule has 8 heteroatoms. The third-order valence-corrected chi connectivity index (χ3v) is 8.37. The van der Waals surface area contributed by atoms with Gasteiger partial charge in [0.15, 0.2) is 5.76 Å². The Morgan fingerprint density at radius 1 is 0.975 bits per heavy atom.